The van der Waals surface area contributed by atoms with Gasteiger partial charge in [-0.1, -0.05) is 26.7 Å². The molecule has 3 N–H and O–H groups in total. The maximum atomic E-state index is 12.1. The van der Waals surface area contributed by atoms with Crippen LogP contribution in [-0.4, -0.2) is 42.0 Å². The van der Waals surface area contributed by atoms with Crippen LogP contribution in [0.25, 0.3) is 0 Å². The second kappa shape index (κ2) is 9.42. The maximum absolute atomic E-state index is 12.1. The highest BCUT2D eigenvalue weighted by atomic mass is 16.1. The first-order valence-electron chi connectivity index (χ1n) is 8.69. The van der Waals surface area contributed by atoms with E-state index in [0.29, 0.717) is 24.9 Å². The Balaban J connectivity index is 2.64. The molecule has 1 unspecified atom stereocenters. The molecule has 1 atom stereocenters. The van der Waals surface area contributed by atoms with Gasteiger partial charge in [0.05, 0.1) is 0 Å². The number of carbonyl (C=O) groups excluding carboxylic acids is 1. The van der Waals surface area contributed by atoms with E-state index in [-0.39, 0.29) is 18.0 Å². The number of amides is 1. The summed E-state index contributed by atoms with van der Waals surface area (Å²) in [5, 5.41) is 3.00. The highest BCUT2D eigenvalue weighted by Gasteiger charge is 2.29. The van der Waals surface area contributed by atoms with Crippen LogP contribution in [0, 0.1) is 5.92 Å². The van der Waals surface area contributed by atoms with Gasteiger partial charge in [-0.05, 0) is 45.6 Å². The smallest absolute Gasteiger partial charge is 0.221 e. The van der Waals surface area contributed by atoms with Gasteiger partial charge in [0, 0.05) is 31.1 Å². The van der Waals surface area contributed by atoms with Gasteiger partial charge in [0.2, 0.25) is 5.91 Å². The molecule has 0 aromatic rings. The molecule has 0 aromatic heterocycles. The Morgan fingerprint density at radius 1 is 1.24 bits per heavy atom. The van der Waals surface area contributed by atoms with E-state index < -0.39 is 0 Å². The van der Waals surface area contributed by atoms with Crippen molar-refractivity contribution in [1.82, 2.24) is 10.2 Å². The first-order valence-corrected chi connectivity index (χ1v) is 8.69. The molecule has 0 saturated heterocycles. The first-order chi connectivity index (χ1) is 9.93. The molecule has 1 saturated carbocycles. The number of rotatable bonds is 9. The second-order valence-electron chi connectivity index (χ2n) is 7.17. The largest absolute Gasteiger partial charge is 0.354 e. The fourth-order valence-electron chi connectivity index (χ4n) is 3.24. The monoisotopic (exact) mass is 297 g/mol. The number of hydrogen-bond acceptors (Lipinski definition) is 3. The molecule has 0 radical (unpaired) electrons. The molecule has 0 bridgehead atoms. The third-order valence-corrected chi connectivity index (χ3v) is 4.37. The van der Waals surface area contributed by atoms with Crippen LogP contribution in [0.3, 0.4) is 0 Å². The number of carbonyl (C=O) groups is 1. The van der Waals surface area contributed by atoms with Gasteiger partial charge in [0.1, 0.15) is 0 Å². The average molecular weight is 297 g/mol. The molecule has 1 fully saturated rings. The van der Waals surface area contributed by atoms with Crippen molar-refractivity contribution in [2.75, 3.05) is 13.1 Å². The Kier molecular flexibility index (Phi) is 8.27. The minimum absolute atomic E-state index is 0.132. The lowest BCUT2D eigenvalue weighted by molar-refractivity contribution is -0.123. The van der Waals surface area contributed by atoms with Crippen LogP contribution in [0.15, 0.2) is 0 Å². The average Bonchev–Trinajstić information content (AvgIpc) is 2.90. The summed E-state index contributed by atoms with van der Waals surface area (Å²) in [4.78, 5) is 14.6. The van der Waals surface area contributed by atoms with Crippen molar-refractivity contribution in [3.63, 3.8) is 0 Å². The van der Waals surface area contributed by atoms with E-state index in [0.717, 1.165) is 6.54 Å². The van der Waals surface area contributed by atoms with Crippen molar-refractivity contribution < 1.29 is 4.79 Å². The predicted molar refractivity (Wildman–Crippen MR) is 89.2 cm³/mol. The van der Waals surface area contributed by atoms with Gasteiger partial charge in [-0.3, -0.25) is 9.69 Å². The molecule has 124 valence electrons. The molecule has 0 aliphatic heterocycles. The molecular weight excluding hydrogens is 262 g/mol. The van der Waals surface area contributed by atoms with Crippen LogP contribution >= 0.6 is 0 Å². The van der Waals surface area contributed by atoms with Gasteiger partial charge in [-0.15, -0.1) is 0 Å². The fourth-order valence-corrected chi connectivity index (χ4v) is 3.24. The molecule has 1 rings (SSSR count). The molecular formula is C17H35N3O. The normalized spacial score (nSPS) is 17.9. The lowest BCUT2D eigenvalue weighted by atomic mass is 10.0. The molecule has 0 aromatic carbocycles. The van der Waals surface area contributed by atoms with Crippen molar-refractivity contribution >= 4 is 5.91 Å². The van der Waals surface area contributed by atoms with Crippen molar-refractivity contribution in [2.24, 2.45) is 11.7 Å². The molecule has 0 heterocycles. The van der Waals surface area contributed by atoms with E-state index in [1.165, 1.54) is 32.1 Å². The van der Waals surface area contributed by atoms with Gasteiger partial charge in [0.15, 0.2) is 0 Å². The van der Waals surface area contributed by atoms with Crippen molar-refractivity contribution in [2.45, 2.75) is 84.3 Å². The minimum Gasteiger partial charge on any atom is -0.354 e. The van der Waals surface area contributed by atoms with Crippen LogP contribution < -0.4 is 11.1 Å². The summed E-state index contributed by atoms with van der Waals surface area (Å²) < 4.78 is 0. The van der Waals surface area contributed by atoms with E-state index in [1.807, 2.05) is 13.8 Å². The van der Waals surface area contributed by atoms with E-state index in [2.05, 4.69) is 24.1 Å². The zero-order chi connectivity index (χ0) is 15.8. The summed E-state index contributed by atoms with van der Waals surface area (Å²) in [5.41, 5.74) is 6.01. The number of nitrogens with one attached hydrogen (secondary N) is 1. The Bertz CT molecular complexity index is 298. The van der Waals surface area contributed by atoms with Crippen LogP contribution in [0.2, 0.25) is 0 Å². The quantitative estimate of drug-likeness (QED) is 0.687. The van der Waals surface area contributed by atoms with Crippen molar-refractivity contribution in [3.8, 4) is 0 Å². The molecule has 1 aliphatic rings. The molecule has 1 amide bonds. The van der Waals surface area contributed by atoms with Crippen LogP contribution in [-0.2, 0) is 4.79 Å². The lowest BCUT2D eigenvalue weighted by Crippen LogP contribution is -2.49. The van der Waals surface area contributed by atoms with Crippen molar-refractivity contribution in [1.29, 1.82) is 0 Å². The molecule has 4 nitrogen and oxygen atoms in total. The lowest BCUT2D eigenvalue weighted by Gasteiger charge is -2.36. The summed E-state index contributed by atoms with van der Waals surface area (Å²) in [7, 11) is 0. The summed E-state index contributed by atoms with van der Waals surface area (Å²) in [6.07, 6.45) is 6.87. The zero-order valence-electron chi connectivity index (χ0n) is 14.4. The highest BCUT2D eigenvalue weighted by molar-refractivity contribution is 5.76. The van der Waals surface area contributed by atoms with Crippen LogP contribution in [0.1, 0.15) is 66.2 Å². The maximum Gasteiger partial charge on any atom is 0.221 e. The third kappa shape index (κ3) is 6.79. The second-order valence-corrected chi connectivity index (χ2v) is 7.17. The van der Waals surface area contributed by atoms with Gasteiger partial charge in [-0.25, -0.2) is 0 Å². The summed E-state index contributed by atoms with van der Waals surface area (Å²) in [6.45, 7) is 10.2. The summed E-state index contributed by atoms with van der Waals surface area (Å²) in [5.74, 6) is 0.824. The SMILES string of the molecule is CC(C)CCN(C1CCCC1)C(CN)CC(=O)NC(C)C. The fraction of sp³-hybridized carbons (Fsp3) is 0.941. The topological polar surface area (TPSA) is 58.4 Å². The van der Waals surface area contributed by atoms with E-state index in [9.17, 15) is 4.79 Å². The van der Waals surface area contributed by atoms with Gasteiger partial charge >= 0.3 is 0 Å². The zero-order valence-corrected chi connectivity index (χ0v) is 14.4. The molecule has 0 spiro atoms. The third-order valence-electron chi connectivity index (χ3n) is 4.37. The van der Waals surface area contributed by atoms with Crippen LogP contribution in [0.4, 0.5) is 0 Å². The van der Waals surface area contributed by atoms with Gasteiger partial charge in [0.25, 0.3) is 0 Å². The summed E-state index contributed by atoms with van der Waals surface area (Å²) in [6, 6.07) is 1.02. The Hall–Kier alpha value is -0.610. The highest BCUT2D eigenvalue weighted by Crippen LogP contribution is 2.26. The Morgan fingerprint density at radius 2 is 1.86 bits per heavy atom. The first kappa shape index (κ1) is 18.4. The van der Waals surface area contributed by atoms with E-state index in [4.69, 9.17) is 5.73 Å². The van der Waals surface area contributed by atoms with E-state index >= 15 is 0 Å². The standard InChI is InChI=1S/C17H35N3O/c1-13(2)9-10-20(15-7-5-6-8-15)16(12-18)11-17(21)19-14(3)4/h13-16H,5-12,18H2,1-4H3,(H,19,21). The van der Waals surface area contributed by atoms with Crippen molar-refractivity contribution in [3.05, 3.63) is 0 Å². The number of nitrogens with two attached hydrogens (primary N) is 1. The predicted octanol–water partition coefficient (Wildman–Crippen LogP) is 2.52. The van der Waals surface area contributed by atoms with Crippen LogP contribution in [0.5, 0.6) is 0 Å². The Labute approximate surface area is 130 Å². The minimum atomic E-state index is 0.132. The number of hydrogen-bond donors (Lipinski definition) is 2. The number of nitrogens with zero attached hydrogens (tertiary/aromatic N) is 1. The Morgan fingerprint density at radius 3 is 2.33 bits per heavy atom. The van der Waals surface area contributed by atoms with Gasteiger partial charge in [-0.2, -0.15) is 0 Å². The van der Waals surface area contributed by atoms with E-state index in [1.54, 1.807) is 0 Å². The van der Waals surface area contributed by atoms with Gasteiger partial charge < -0.3 is 11.1 Å². The summed E-state index contributed by atoms with van der Waals surface area (Å²) >= 11 is 0. The molecule has 4 heteroatoms. The molecule has 1 aliphatic carbocycles. The molecule has 21 heavy (non-hydrogen) atoms.